The van der Waals surface area contributed by atoms with Crippen molar-refractivity contribution in [1.29, 1.82) is 0 Å². The lowest BCUT2D eigenvalue weighted by Gasteiger charge is -1.99. The lowest BCUT2D eigenvalue weighted by atomic mass is 10.3. The summed E-state index contributed by atoms with van der Waals surface area (Å²) in [7, 11) is -1.72. The molecule has 94 valence electrons. The highest BCUT2D eigenvalue weighted by Crippen LogP contribution is 2.15. The van der Waals surface area contributed by atoms with Crippen molar-refractivity contribution in [2.45, 2.75) is 4.90 Å². The van der Waals surface area contributed by atoms with Crippen molar-refractivity contribution >= 4 is 21.9 Å². The van der Waals surface area contributed by atoms with Crippen LogP contribution in [0.4, 0.5) is 5.69 Å². The van der Waals surface area contributed by atoms with Crippen LogP contribution in [0.3, 0.4) is 0 Å². The Morgan fingerprint density at radius 3 is 2.39 bits per heavy atom. The monoisotopic (exact) mass is 263 g/mol. The minimum atomic E-state index is -3.64. The molecule has 0 bridgehead atoms. The van der Waals surface area contributed by atoms with E-state index in [1.807, 2.05) is 29.9 Å². The third kappa shape index (κ3) is 2.85. The smallest absolute Gasteiger partial charge is 0.238 e. The molecular formula is C12H13N3O2S. The van der Waals surface area contributed by atoms with Crippen molar-refractivity contribution in [2.75, 3.05) is 0 Å². The van der Waals surface area contributed by atoms with Crippen molar-refractivity contribution in [3.05, 3.63) is 48.3 Å². The summed E-state index contributed by atoms with van der Waals surface area (Å²) in [6.45, 7) is 0. The van der Waals surface area contributed by atoms with E-state index in [1.54, 1.807) is 18.3 Å². The van der Waals surface area contributed by atoms with Crippen LogP contribution < -0.4 is 5.14 Å². The first kappa shape index (κ1) is 12.5. The third-order valence-corrected chi connectivity index (χ3v) is 3.42. The van der Waals surface area contributed by atoms with Gasteiger partial charge < -0.3 is 4.57 Å². The number of benzene rings is 1. The SMILES string of the molecule is Cn1cccc1C=Nc1ccc(S(N)(=O)=O)cc1. The summed E-state index contributed by atoms with van der Waals surface area (Å²) >= 11 is 0. The summed E-state index contributed by atoms with van der Waals surface area (Å²) in [6.07, 6.45) is 3.64. The summed E-state index contributed by atoms with van der Waals surface area (Å²) in [5.41, 5.74) is 1.63. The van der Waals surface area contributed by atoms with Crippen LogP contribution in [0.25, 0.3) is 0 Å². The number of primary sulfonamides is 1. The van der Waals surface area contributed by atoms with Gasteiger partial charge in [0.05, 0.1) is 22.5 Å². The highest BCUT2D eigenvalue weighted by atomic mass is 32.2. The summed E-state index contributed by atoms with van der Waals surface area (Å²) < 4.78 is 24.1. The first-order valence-electron chi connectivity index (χ1n) is 5.25. The number of rotatable bonds is 3. The van der Waals surface area contributed by atoms with E-state index in [0.29, 0.717) is 5.69 Å². The molecule has 0 unspecified atom stereocenters. The summed E-state index contributed by atoms with van der Waals surface area (Å²) in [4.78, 5) is 4.33. The molecule has 18 heavy (non-hydrogen) atoms. The summed E-state index contributed by atoms with van der Waals surface area (Å²) in [6, 6.07) is 9.95. The van der Waals surface area contributed by atoms with Gasteiger partial charge in [0.15, 0.2) is 0 Å². The van der Waals surface area contributed by atoms with Gasteiger partial charge in [-0.1, -0.05) is 0 Å². The van der Waals surface area contributed by atoms with Gasteiger partial charge in [0.25, 0.3) is 0 Å². The minimum Gasteiger partial charge on any atom is -0.350 e. The Bertz CT molecular complexity index is 670. The summed E-state index contributed by atoms with van der Waals surface area (Å²) in [5.74, 6) is 0. The molecule has 0 aliphatic heterocycles. The number of aryl methyl sites for hydroxylation is 1. The van der Waals surface area contributed by atoms with Crippen LogP contribution in [0.2, 0.25) is 0 Å². The van der Waals surface area contributed by atoms with Gasteiger partial charge in [-0.05, 0) is 36.4 Å². The molecule has 0 saturated heterocycles. The van der Waals surface area contributed by atoms with Gasteiger partial charge >= 0.3 is 0 Å². The van der Waals surface area contributed by atoms with E-state index in [1.165, 1.54) is 12.1 Å². The van der Waals surface area contributed by atoms with Gasteiger partial charge in [-0.3, -0.25) is 4.99 Å². The number of aromatic nitrogens is 1. The number of nitrogens with two attached hydrogens (primary N) is 1. The molecule has 0 radical (unpaired) electrons. The molecule has 1 heterocycles. The van der Waals surface area contributed by atoms with Crippen LogP contribution in [0, 0.1) is 0 Å². The maximum absolute atomic E-state index is 11.1. The van der Waals surface area contributed by atoms with Crippen molar-refractivity contribution < 1.29 is 8.42 Å². The van der Waals surface area contributed by atoms with Crippen LogP contribution >= 0.6 is 0 Å². The van der Waals surface area contributed by atoms with Crippen molar-refractivity contribution in [3.63, 3.8) is 0 Å². The molecule has 0 amide bonds. The fraction of sp³-hybridized carbons (Fsp3) is 0.0833. The largest absolute Gasteiger partial charge is 0.350 e. The minimum absolute atomic E-state index is 0.0836. The van der Waals surface area contributed by atoms with Crippen LogP contribution in [0.1, 0.15) is 5.69 Å². The van der Waals surface area contributed by atoms with Crippen molar-refractivity contribution in [1.82, 2.24) is 4.57 Å². The molecule has 2 aromatic rings. The number of sulfonamides is 1. The van der Waals surface area contributed by atoms with Crippen LogP contribution in [0.5, 0.6) is 0 Å². The van der Waals surface area contributed by atoms with Crippen LogP contribution in [0.15, 0.2) is 52.5 Å². The zero-order valence-corrected chi connectivity index (χ0v) is 10.6. The zero-order chi connectivity index (χ0) is 13.2. The predicted molar refractivity (Wildman–Crippen MR) is 70.5 cm³/mol. The van der Waals surface area contributed by atoms with E-state index < -0.39 is 10.0 Å². The molecule has 0 spiro atoms. The Morgan fingerprint density at radius 2 is 1.89 bits per heavy atom. The fourth-order valence-corrected chi connectivity index (χ4v) is 1.99. The van der Waals surface area contributed by atoms with Gasteiger partial charge in [-0.25, -0.2) is 13.6 Å². The van der Waals surface area contributed by atoms with E-state index in [2.05, 4.69) is 4.99 Å². The quantitative estimate of drug-likeness (QED) is 0.850. The topological polar surface area (TPSA) is 77.5 Å². The van der Waals surface area contributed by atoms with Gasteiger partial charge in [0.2, 0.25) is 10.0 Å². The molecule has 1 aromatic heterocycles. The number of hydrogen-bond donors (Lipinski definition) is 1. The molecule has 0 fully saturated rings. The average Bonchev–Trinajstić information content (AvgIpc) is 2.72. The van der Waals surface area contributed by atoms with Gasteiger partial charge in [0, 0.05) is 13.2 Å². The van der Waals surface area contributed by atoms with E-state index in [9.17, 15) is 8.42 Å². The molecule has 2 rings (SSSR count). The second kappa shape index (κ2) is 4.75. The molecule has 5 nitrogen and oxygen atoms in total. The Balaban J connectivity index is 2.22. The van der Waals surface area contributed by atoms with E-state index in [4.69, 9.17) is 5.14 Å². The molecule has 0 saturated carbocycles. The van der Waals surface area contributed by atoms with E-state index in [0.717, 1.165) is 5.69 Å². The Kier molecular flexibility index (Phi) is 3.31. The molecule has 2 N–H and O–H groups in total. The van der Waals surface area contributed by atoms with Gasteiger partial charge in [-0.2, -0.15) is 0 Å². The third-order valence-electron chi connectivity index (χ3n) is 2.50. The highest BCUT2D eigenvalue weighted by molar-refractivity contribution is 7.89. The Morgan fingerprint density at radius 1 is 1.22 bits per heavy atom. The first-order chi connectivity index (χ1) is 8.47. The first-order valence-corrected chi connectivity index (χ1v) is 6.80. The Hall–Kier alpha value is -1.92. The summed E-state index contributed by atoms with van der Waals surface area (Å²) in [5, 5.41) is 5.01. The van der Waals surface area contributed by atoms with E-state index in [-0.39, 0.29) is 4.90 Å². The van der Waals surface area contributed by atoms with Crippen molar-refractivity contribution in [2.24, 2.45) is 17.2 Å². The zero-order valence-electron chi connectivity index (χ0n) is 9.82. The van der Waals surface area contributed by atoms with Gasteiger partial charge in [-0.15, -0.1) is 0 Å². The van der Waals surface area contributed by atoms with Crippen LogP contribution in [-0.4, -0.2) is 19.2 Å². The molecular weight excluding hydrogens is 250 g/mol. The molecule has 0 aliphatic carbocycles. The van der Waals surface area contributed by atoms with Crippen LogP contribution in [-0.2, 0) is 17.1 Å². The molecule has 0 aliphatic rings. The molecule has 0 atom stereocenters. The lowest BCUT2D eigenvalue weighted by molar-refractivity contribution is 0.598. The number of hydrogen-bond acceptors (Lipinski definition) is 3. The molecule has 1 aromatic carbocycles. The fourth-order valence-electron chi connectivity index (χ4n) is 1.47. The maximum atomic E-state index is 11.1. The number of aliphatic imine (C=N–C) groups is 1. The molecule has 6 heteroatoms. The van der Waals surface area contributed by atoms with Crippen molar-refractivity contribution in [3.8, 4) is 0 Å². The normalized spacial score (nSPS) is 12.1. The number of nitrogens with zero attached hydrogens (tertiary/aromatic N) is 2. The predicted octanol–water partition coefficient (Wildman–Crippen LogP) is 1.42. The van der Waals surface area contributed by atoms with Gasteiger partial charge in [0.1, 0.15) is 0 Å². The highest BCUT2D eigenvalue weighted by Gasteiger charge is 2.05. The standard InChI is InChI=1S/C12H13N3O2S/c1-15-8-2-3-11(15)9-14-10-4-6-12(7-5-10)18(13,16)17/h2-9H,1H3,(H2,13,16,17). The van der Waals surface area contributed by atoms with E-state index >= 15 is 0 Å². The second-order valence-corrected chi connectivity index (χ2v) is 5.40. The lowest BCUT2D eigenvalue weighted by Crippen LogP contribution is -2.11. The Labute approximate surface area is 106 Å². The maximum Gasteiger partial charge on any atom is 0.238 e. The second-order valence-electron chi connectivity index (χ2n) is 3.84. The average molecular weight is 263 g/mol.